The van der Waals surface area contributed by atoms with Gasteiger partial charge in [-0.05, 0) is 39.0 Å². The largest absolute Gasteiger partial charge is 0.377 e. The topological polar surface area (TPSA) is 27.1 Å². The fourth-order valence-electron chi connectivity index (χ4n) is 2.20. The first kappa shape index (κ1) is 14.8. The van der Waals surface area contributed by atoms with E-state index in [0.29, 0.717) is 6.61 Å². The van der Waals surface area contributed by atoms with E-state index in [0.717, 1.165) is 27.9 Å². The van der Waals surface area contributed by atoms with Crippen molar-refractivity contribution in [2.24, 2.45) is 0 Å². The molecule has 0 aliphatic heterocycles. The first-order valence-electron chi connectivity index (χ1n) is 6.44. The Labute approximate surface area is 127 Å². The van der Waals surface area contributed by atoms with E-state index in [4.69, 9.17) is 16.3 Å². The number of aromatic nitrogens is 2. The molecule has 3 nitrogen and oxygen atoms in total. The fraction of sp³-hybridized carbons (Fsp3) is 0.500. The number of benzene rings is 1. The number of halogens is 2. The van der Waals surface area contributed by atoms with Crippen molar-refractivity contribution in [1.82, 2.24) is 9.55 Å². The Kier molecular flexibility index (Phi) is 4.87. The molecule has 0 saturated carbocycles. The number of imidazole rings is 1. The average molecular weight is 346 g/mol. The number of fused-ring (bicyclic) bond motifs is 1. The van der Waals surface area contributed by atoms with Gasteiger partial charge in [0.05, 0.1) is 29.1 Å². The summed E-state index contributed by atoms with van der Waals surface area (Å²) in [5, 5.41) is -0.125. The highest BCUT2D eigenvalue weighted by Gasteiger charge is 2.17. The lowest BCUT2D eigenvalue weighted by Gasteiger charge is -2.16. The van der Waals surface area contributed by atoms with Crippen LogP contribution in [0.2, 0.25) is 0 Å². The molecule has 1 heterocycles. The van der Waals surface area contributed by atoms with Crippen LogP contribution < -0.4 is 0 Å². The van der Waals surface area contributed by atoms with E-state index in [1.807, 2.05) is 26.0 Å². The first-order chi connectivity index (χ1) is 9.02. The standard InChI is InChI=1S/C14H18BrClN2O/c1-4-19-9(2)8-18-13-7-11(15)5-6-12(13)17-14(18)10(3)16/h5-7,9-10H,4,8H2,1-3H3. The molecule has 0 N–H and O–H groups in total. The van der Waals surface area contributed by atoms with Crippen molar-refractivity contribution in [1.29, 1.82) is 0 Å². The zero-order chi connectivity index (χ0) is 14.0. The summed E-state index contributed by atoms with van der Waals surface area (Å²) < 4.78 is 8.82. The van der Waals surface area contributed by atoms with Gasteiger partial charge >= 0.3 is 0 Å². The zero-order valence-electron chi connectivity index (χ0n) is 11.4. The van der Waals surface area contributed by atoms with Gasteiger partial charge < -0.3 is 9.30 Å². The minimum Gasteiger partial charge on any atom is -0.377 e. The normalized spacial score (nSPS) is 14.8. The summed E-state index contributed by atoms with van der Waals surface area (Å²) in [7, 11) is 0. The fourth-order valence-corrected chi connectivity index (χ4v) is 2.72. The molecule has 2 aromatic rings. The summed E-state index contributed by atoms with van der Waals surface area (Å²) in [5.41, 5.74) is 2.05. The Morgan fingerprint density at radius 2 is 2.16 bits per heavy atom. The molecule has 2 atom stereocenters. The van der Waals surface area contributed by atoms with E-state index in [1.165, 1.54) is 0 Å². The molecule has 1 aromatic heterocycles. The molecule has 0 aliphatic rings. The minimum atomic E-state index is -0.125. The van der Waals surface area contributed by atoms with Crippen molar-refractivity contribution in [2.75, 3.05) is 6.61 Å². The van der Waals surface area contributed by atoms with E-state index in [1.54, 1.807) is 0 Å². The first-order valence-corrected chi connectivity index (χ1v) is 7.67. The molecule has 0 fully saturated rings. The summed E-state index contributed by atoms with van der Waals surface area (Å²) >= 11 is 9.75. The van der Waals surface area contributed by atoms with Crippen LogP contribution in [0.15, 0.2) is 22.7 Å². The predicted molar refractivity (Wildman–Crippen MR) is 82.8 cm³/mol. The quantitative estimate of drug-likeness (QED) is 0.745. The lowest BCUT2D eigenvalue weighted by Crippen LogP contribution is -2.18. The second-order valence-corrected chi connectivity index (χ2v) is 6.17. The molecule has 0 amide bonds. The summed E-state index contributed by atoms with van der Waals surface area (Å²) in [6, 6.07) is 6.07. The van der Waals surface area contributed by atoms with Gasteiger partial charge in [0.15, 0.2) is 0 Å². The summed E-state index contributed by atoms with van der Waals surface area (Å²) in [5.74, 6) is 0.890. The third kappa shape index (κ3) is 3.30. The second kappa shape index (κ2) is 6.25. The Hall–Kier alpha value is -0.580. The number of rotatable bonds is 5. The number of hydrogen-bond acceptors (Lipinski definition) is 2. The maximum atomic E-state index is 6.24. The predicted octanol–water partition coefficient (Wildman–Crippen LogP) is 4.52. The zero-order valence-corrected chi connectivity index (χ0v) is 13.7. The van der Waals surface area contributed by atoms with Crippen molar-refractivity contribution in [3.05, 3.63) is 28.5 Å². The van der Waals surface area contributed by atoms with Crippen LogP contribution in [0.4, 0.5) is 0 Å². The van der Waals surface area contributed by atoms with Crippen LogP contribution in [0.5, 0.6) is 0 Å². The number of ether oxygens (including phenoxy) is 1. The van der Waals surface area contributed by atoms with Crippen molar-refractivity contribution in [3.8, 4) is 0 Å². The molecule has 0 saturated heterocycles. The summed E-state index contributed by atoms with van der Waals surface area (Å²) in [4.78, 5) is 4.62. The number of hydrogen-bond donors (Lipinski definition) is 0. The van der Waals surface area contributed by atoms with E-state index in [2.05, 4.69) is 38.5 Å². The molecule has 104 valence electrons. The third-order valence-corrected chi connectivity index (χ3v) is 3.67. The molecule has 1 aromatic carbocycles. The molecule has 0 aliphatic carbocycles. The van der Waals surface area contributed by atoms with Crippen molar-refractivity contribution in [2.45, 2.75) is 38.8 Å². The van der Waals surface area contributed by atoms with Crippen LogP contribution in [0, 0.1) is 0 Å². The molecule has 0 radical (unpaired) electrons. The lowest BCUT2D eigenvalue weighted by atomic mass is 10.3. The van der Waals surface area contributed by atoms with Crippen LogP contribution in [-0.2, 0) is 11.3 Å². The Balaban J connectivity index is 2.47. The van der Waals surface area contributed by atoms with Gasteiger partial charge in [0.25, 0.3) is 0 Å². The molecular weight excluding hydrogens is 328 g/mol. The lowest BCUT2D eigenvalue weighted by molar-refractivity contribution is 0.0642. The third-order valence-electron chi connectivity index (χ3n) is 2.99. The molecule has 2 rings (SSSR count). The van der Waals surface area contributed by atoms with Gasteiger partial charge in [-0.1, -0.05) is 15.9 Å². The van der Waals surface area contributed by atoms with E-state index < -0.39 is 0 Å². The molecular formula is C14H18BrClN2O. The van der Waals surface area contributed by atoms with Crippen LogP contribution in [0.3, 0.4) is 0 Å². The molecule has 0 spiro atoms. The number of nitrogens with zero attached hydrogens (tertiary/aromatic N) is 2. The van der Waals surface area contributed by atoms with Gasteiger partial charge in [0.1, 0.15) is 5.82 Å². The monoisotopic (exact) mass is 344 g/mol. The van der Waals surface area contributed by atoms with Crippen molar-refractivity contribution >= 4 is 38.6 Å². The Bertz CT molecular complexity index is 568. The van der Waals surface area contributed by atoms with Crippen LogP contribution in [-0.4, -0.2) is 22.3 Å². The smallest absolute Gasteiger partial charge is 0.127 e. The van der Waals surface area contributed by atoms with E-state index in [9.17, 15) is 0 Å². The van der Waals surface area contributed by atoms with Crippen LogP contribution >= 0.6 is 27.5 Å². The van der Waals surface area contributed by atoms with Crippen molar-refractivity contribution in [3.63, 3.8) is 0 Å². The summed E-state index contributed by atoms with van der Waals surface area (Å²) in [6.07, 6.45) is 0.135. The van der Waals surface area contributed by atoms with E-state index in [-0.39, 0.29) is 11.5 Å². The van der Waals surface area contributed by atoms with Gasteiger partial charge in [-0.2, -0.15) is 0 Å². The van der Waals surface area contributed by atoms with Gasteiger partial charge in [-0.25, -0.2) is 4.98 Å². The average Bonchev–Trinajstić information content (AvgIpc) is 2.68. The Morgan fingerprint density at radius 3 is 2.79 bits per heavy atom. The van der Waals surface area contributed by atoms with Crippen molar-refractivity contribution < 1.29 is 4.74 Å². The summed E-state index contributed by atoms with van der Waals surface area (Å²) in [6.45, 7) is 7.48. The highest BCUT2D eigenvalue weighted by atomic mass is 79.9. The molecule has 0 bridgehead atoms. The Morgan fingerprint density at radius 1 is 1.42 bits per heavy atom. The van der Waals surface area contributed by atoms with Crippen LogP contribution in [0.1, 0.15) is 32.0 Å². The highest BCUT2D eigenvalue weighted by Crippen LogP contribution is 2.27. The molecule has 2 unspecified atom stereocenters. The van der Waals surface area contributed by atoms with Crippen LogP contribution in [0.25, 0.3) is 11.0 Å². The van der Waals surface area contributed by atoms with Gasteiger partial charge in [0, 0.05) is 11.1 Å². The van der Waals surface area contributed by atoms with Gasteiger partial charge in [-0.3, -0.25) is 0 Å². The maximum Gasteiger partial charge on any atom is 0.127 e. The maximum absolute atomic E-state index is 6.24. The SMILES string of the molecule is CCOC(C)Cn1c(C(C)Cl)nc2ccc(Br)cc21. The highest BCUT2D eigenvalue weighted by molar-refractivity contribution is 9.10. The van der Waals surface area contributed by atoms with E-state index >= 15 is 0 Å². The number of alkyl halides is 1. The molecule has 5 heteroatoms. The van der Waals surface area contributed by atoms with Gasteiger partial charge in [0.2, 0.25) is 0 Å². The second-order valence-electron chi connectivity index (χ2n) is 4.60. The molecule has 19 heavy (non-hydrogen) atoms. The van der Waals surface area contributed by atoms with Gasteiger partial charge in [-0.15, -0.1) is 11.6 Å². The minimum absolute atomic E-state index is 0.125.